The van der Waals surface area contributed by atoms with Gasteiger partial charge in [0.05, 0.1) is 5.69 Å². The van der Waals surface area contributed by atoms with Crippen LogP contribution < -0.4 is 0 Å². The molecule has 1 aromatic carbocycles. The second kappa shape index (κ2) is 4.95. The molecule has 3 rings (SSSR count). The van der Waals surface area contributed by atoms with Crippen molar-refractivity contribution in [2.75, 3.05) is 0 Å². The highest BCUT2D eigenvalue weighted by atomic mass is 19.1. The van der Waals surface area contributed by atoms with Crippen molar-refractivity contribution in [3.8, 4) is 5.69 Å². The molecule has 3 aromatic rings. The molecule has 0 unspecified atom stereocenters. The molecule has 0 saturated carbocycles. The number of hydrogen-bond donors (Lipinski definition) is 0. The van der Waals surface area contributed by atoms with Crippen LogP contribution in [0.1, 0.15) is 26.6 Å². The summed E-state index contributed by atoms with van der Waals surface area (Å²) in [6.45, 7) is 6.43. The summed E-state index contributed by atoms with van der Waals surface area (Å²) in [6.07, 6.45) is 2.46. The molecule has 0 aliphatic carbocycles. The zero-order valence-electron chi connectivity index (χ0n) is 12.5. The molecule has 0 amide bonds. The van der Waals surface area contributed by atoms with Gasteiger partial charge in [0.25, 0.3) is 0 Å². The largest absolute Gasteiger partial charge is 0.278 e. The second-order valence-electron chi connectivity index (χ2n) is 6.40. The summed E-state index contributed by atoms with van der Waals surface area (Å²) in [6, 6.07) is 10.5. The number of rotatable bonds is 2. The average Bonchev–Trinajstić information content (AvgIpc) is 2.75. The molecule has 0 fully saturated rings. The highest BCUT2D eigenvalue weighted by molar-refractivity contribution is 5.73. The van der Waals surface area contributed by atoms with Crippen molar-refractivity contribution in [1.82, 2.24) is 14.5 Å². The van der Waals surface area contributed by atoms with E-state index in [1.54, 1.807) is 18.3 Å². The molecule has 2 aromatic heterocycles. The number of benzene rings is 1. The van der Waals surface area contributed by atoms with Gasteiger partial charge in [0, 0.05) is 12.6 Å². The molecular formula is C17H18FN3. The highest BCUT2D eigenvalue weighted by Crippen LogP contribution is 2.27. The van der Waals surface area contributed by atoms with Gasteiger partial charge >= 0.3 is 0 Å². The summed E-state index contributed by atoms with van der Waals surface area (Å²) in [7, 11) is 0. The third-order valence-electron chi connectivity index (χ3n) is 3.27. The lowest BCUT2D eigenvalue weighted by Crippen LogP contribution is -2.14. The van der Waals surface area contributed by atoms with E-state index in [1.165, 1.54) is 6.07 Å². The van der Waals surface area contributed by atoms with Gasteiger partial charge in [-0.25, -0.2) is 14.4 Å². The molecule has 0 spiro atoms. The van der Waals surface area contributed by atoms with Crippen molar-refractivity contribution in [2.24, 2.45) is 5.41 Å². The van der Waals surface area contributed by atoms with Crippen LogP contribution in [0.3, 0.4) is 0 Å². The summed E-state index contributed by atoms with van der Waals surface area (Å²) < 4.78 is 16.0. The molecule has 0 saturated heterocycles. The fraction of sp³-hybridized carbons (Fsp3) is 0.294. The summed E-state index contributed by atoms with van der Waals surface area (Å²) in [5.74, 6) is 0.568. The van der Waals surface area contributed by atoms with Crippen molar-refractivity contribution in [1.29, 1.82) is 0 Å². The van der Waals surface area contributed by atoms with E-state index >= 15 is 0 Å². The van der Waals surface area contributed by atoms with Gasteiger partial charge in [-0.15, -0.1) is 0 Å². The van der Waals surface area contributed by atoms with Gasteiger partial charge < -0.3 is 0 Å². The Morgan fingerprint density at radius 2 is 1.86 bits per heavy atom. The maximum absolute atomic E-state index is 14.2. The van der Waals surface area contributed by atoms with Gasteiger partial charge in [-0.05, 0) is 29.7 Å². The van der Waals surface area contributed by atoms with Gasteiger partial charge in [0.15, 0.2) is 5.65 Å². The lowest BCUT2D eigenvalue weighted by Gasteiger charge is -2.18. The summed E-state index contributed by atoms with van der Waals surface area (Å²) in [5, 5.41) is 0. The molecule has 0 atom stereocenters. The molecule has 0 radical (unpaired) electrons. The Kier molecular flexibility index (Phi) is 3.24. The van der Waals surface area contributed by atoms with E-state index in [0.29, 0.717) is 11.3 Å². The number of halogens is 1. The van der Waals surface area contributed by atoms with Crippen molar-refractivity contribution in [2.45, 2.75) is 27.2 Å². The van der Waals surface area contributed by atoms with Gasteiger partial charge in [-0.2, -0.15) is 0 Å². The minimum absolute atomic E-state index is 0.0599. The van der Waals surface area contributed by atoms with Crippen LogP contribution in [-0.4, -0.2) is 14.5 Å². The van der Waals surface area contributed by atoms with E-state index in [2.05, 4.69) is 30.7 Å². The van der Waals surface area contributed by atoms with E-state index in [-0.39, 0.29) is 11.2 Å². The van der Waals surface area contributed by atoms with Crippen LogP contribution in [0, 0.1) is 11.2 Å². The van der Waals surface area contributed by atoms with Crippen LogP contribution in [0.2, 0.25) is 0 Å². The standard InChI is InChI=1S/C17H18FN3/c1-17(2,3)11-15-20-13-8-6-10-19-16(13)21(15)14-9-5-4-7-12(14)18/h4-10H,11H2,1-3H3. The van der Waals surface area contributed by atoms with Crippen LogP contribution in [0.25, 0.3) is 16.9 Å². The Morgan fingerprint density at radius 1 is 1.10 bits per heavy atom. The minimum atomic E-state index is -0.266. The van der Waals surface area contributed by atoms with Crippen LogP contribution in [0.15, 0.2) is 42.6 Å². The number of para-hydroxylation sites is 1. The Balaban J connectivity index is 2.28. The minimum Gasteiger partial charge on any atom is -0.278 e. The van der Waals surface area contributed by atoms with Crippen LogP contribution in [0.5, 0.6) is 0 Å². The first-order valence-electron chi connectivity index (χ1n) is 7.03. The zero-order valence-corrected chi connectivity index (χ0v) is 12.5. The van der Waals surface area contributed by atoms with Crippen LogP contribution in [0.4, 0.5) is 4.39 Å². The first kappa shape index (κ1) is 13.7. The smallest absolute Gasteiger partial charge is 0.164 e. The van der Waals surface area contributed by atoms with E-state index in [0.717, 1.165) is 17.8 Å². The Bertz CT molecular complexity index is 784. The molecule has 4 heteroatoms. The SMILES string of the molecule is CC(C)(C)Cc1nc2cccnc2n1-c1ccccc1F. The Labute approximate surface area is 123 Å². The lowest BCUT2D eigenvalue weighted by atomic mass is 9.92. The van der Waals surface area contributed by atoms with Gasteiger partial charge in [0.2, 0.25) is 0 Å². The zero-order chi connectivity index (χ0) is 15.0. The van der Waals surface area contributed by atoms with Crippen LogP contribution >= 0.6 is 0 Å². The monoisotopic (exact) mass is 283 g/mol. The summed E-state index contributed by atoms with van der Waals surface area (Å²) in [4.78, 5) is 9.03. The third kappa shape index (κ3) is 2.66. The quantitative estimate of drug-likeness (QED) is 0.707. The third-order valence-corrected chi connectivity index (χ3v) is 3.27. The maximum Gasteiger partial charge on any atom is 0.164 e. The predicted molar refractivity (Wildman–Crippen MR) is 82.0 cm³/mol. The maximum atomic E-state index is 14.2. The fourth-order valence-electron chi connectivity index (χ4n) is 2.44. The number of pyridine rings is 1. The molecule has 0 aliphatic heterocycles. The number of imidazole rings is 1. The van der Waals surface area contributed by atoms with Crippen LogP contribution in [-0.2, 0) is 6.42 Å². The molecular weight excluding hydrogens is 265 g/mol. The normalized spacial score (nSPS) is 12.0. The van der Waals surface area contributed by atoms with E-state index < -0.39 is 0 Å². The Morgan fingerprint density at radius 3 is 2.57 bits per heavy atom. The Hall–Kier alpha value is -2.23. The van der Waals surface area contributed by atoms with Gasteiger partial charge in [-0.3, -0.25) is 4.57 Å². The lowest BCUT2D eigenvalue weighted by molar-refractivity contribution is 0.398. The summed E-state index contributed by atoms with van der Waals surface area (Å²) >= 11 is 0. The molecule has 2 heterocycles. The topological polar surface area (TPSA) is 30.7 Å². The predicted octanol–water partition coefficient (Wildman–Crippen LogP) is 4.15. The average molecular weight is 283 g/mol. The number of fused-ring (bicyclic) bond motifs is 1. The molecule has 0 aliphatic rings. The fourth-order valence-corrected chi connectivity index (χ4v) is 2.44. The van der Waals surface area contributed by atoms with Gasteiger partial charge in [-0.1, -0.05) is 32.9 Å². The van der Waals surface area contributed by atoms with Crippen molar-refractivity contribution in [3.63, 3.8) is 0 Å². The van der Waals surface area contributed by atoms with E-state index in [4.69, 9.17) is 0 Å². The molecule has 0 bridgehead atoms. The first-order chi connectivity index (χ1) is 9.96. The van der Waals surface area contributed by atoms with E-state index in [1.807, 2.05) is 22.8 Å². The number of hydrogen-bond acceptors (Lipinski definition) is 2. The molecule has 108 valence electrons. The second-order valence-corrected chi connectivity index (χ2v) is 6.40. The molecule has 3 nitrogen and oxygen atoms in total. The molecule has 0 N–H and O–H groups in total. The molecule has 21 heavy (non-hydrogen) atoms. The van der Waals surface area contributed by atoms with Crippen molar-refractivity contribution >= 4 is 11.2 Å². The van der Waals surface area contributed by atoms with Gasteiger partial charge in [0.1, 0.15) is 17.2 Å². The first-order valence-corrected chi connectivity index (χ1v) is 7.03. The van der Waals surface area contributed by atoms with E-state index in [9.17, 15) is 4.39 Å². The number of aromatic nitrogens is 3. The highest BCUT2D eigenvalue weighted by Gasteiger charge is 2.20. The number of nitrogens with zero attached hydrogens (tertiary/aromatic N) is 3. The van der Waals surface area contributed by atoms with Crippen molar-refractivity contribution < 1.29 is 4.39 Å². The van der Waals surface area contributed by atoms with Crippen molar-refractivity contribution in [3.05, 3.63) is 54.2 Å². The summed E-state index contributed by atoms with van der Waals surface area (Å²) in [5.41, 5.74) is 2.05.